The van der Waals surface area contributed by atoms with Gasteiger partial charge in [-0.15, -0.1) is 0 Å². The summed E-state index contributed by atoms with van der Waals surface area (Å²) in [4.78, 5) is 19.5. The van der Waals surface area contributed by atoms with Gasteiger partial charge in [0.05, 0.1) is 29.8 Å². The number of carbonyl (C=O) groups is 1. The van der Waals surface area contributed by atoms with Gasteiger partial charge in [0.15, 0.2) is 5.13 Å². The Morgan fingerprint density at radius 1 is 1.03 bits per heavy atom. The van der Waals surface area contributed by atoms with Crippen LogP contribution in [-0.2, 0) is 17.8 Å². The molecule has 3 aromatic carbocycles. The lowest BCUT2D eigenvalue weighted by atomic mass is 10.1. The van der Waals surface area contributed by atoms with Crippen LogP contribution in [0.4, 0.5) is 9.52 Å². The smallest absolute Gasteiger partial charge is 0.233 e. The minimum Gasteiger partial charge on any atom is -0.494 e. The fraction of sp³-hybridized carbons (Fsp3) is 0.167. The van der Waals surface area contributed by atoms with Crippen molar-refractivity contribution < 1.29 is 13.9 Å². The fourth-order valence-corrected chi connectivity index (χ4v) is 4.18. The summed E-state index contributed by atoms with van der Waals surface area (Å²) in [7, 11) is 0. The van der Waals surface area contributed by atoms with Gasteiger partial charge in [-0.2, -0.15) is 0 Å². The maximum absolute atomic E-state index is 13.6. The van der Waals surface area contributed by atoms with Gasteiger partial charge in [0.1, 0.15) is 11.6 Å². The highest BCUT2D eigenvalue weighted by Crippen LogP contribution is 2.31. The molecule has 0 N–H and O–H groups in total. The normalized spacial score (nSPS) is 10.9. The van der Waals surface area contributed by atoms with Crippen LogP contribution in [0, 0.1) is 5.82 Å². The predicted octanol–water partition coefficient (Wildman–Crippen LogP) is 5.61. The minimum absolute atomic E-state index is 0.0671. The van der Waals surface area contributed by atoms with E-state index in [1.54, 1.807) is 11.0 Å². The van der Waals surface area contributed by atoms with Crippen LogP contribution < -0.4 is 9.64 Å². The van der Waals surface area contributed by atoms with E-state index in [0.717, 1.165) is 21.6 Å². The molecule has 0 aliphatic heterocycles. The second-order valence-electron chi connectivity index (χ2n) is 6.83. The monoisotopic (exact) mass is 420 g/mol. The van der Waals surface area contributed by atoms with Crippen molar-refractivity contribution in [1.29, 1.82) is 0 Å². The molecule has 0 unspecified atom stereocenters. The van der Waals surface area contributed by atoms with Crippen LogP contribution in [0.3, 0.4) is 0 Å². The number of fused-ring (bicyclic) bond motifs is 1. The molecule has 0 saturated heterocycles. The van der Waals surface area contributed by atoms with E-state index >= 15 is 0 Å². The Kier molecular flexibility index (Phi) is 6.05. The first kappa shape index (κ1) is 20.0. The number of rotatable bonds is 7. The summed E-state index contributed by atoms with van der Waals surface area (Å²) in [6, 6.07) is 21.8. The molecule has 4 rings (SSSR count). The van der Waals surface area contributed by atoms with Crippen molar-refractivity contribution in [3.63, 3.8) is 0 Å². The van der Waals surface area contributed by atoms with E-state index in [0.29, 0.717) is 23.8 Å². The zero-order chi connectivity index (χ0) is 20.9. The fourth-order valence-electron chi connectivity index (χ4n) is 3.17. The Morgan fingerprint density at radius 3 is 2.53 bits per heavy atom. The molecule has 1 amide bonds. The molecule has 0 saturated carbocycles. The molecule has 4 aromatic rings. The van der Waals surface area contributed by atoms with E-state index in [4.69, 9.17) is 4.74 Å². The molecule has 0 spiro atoms. The molecule has 1 aromatic heterocycles. The molecule has 6 heteroatoms. The summed E-state index contributed by atoms with van der Waals surface area (Å²) < 4.78 is 19.8. The molecular weight excluding hydrogens is 399 g/mol. The average Bonchev–Trinajstić information content (AvgIpc) is 3.17. The average molecular weight is 421 g/mol. The van der Waals surface area contributed by atoms with E-state index in [1.165, 1.54) is 23.5 Å². The molecule has 152 valence electrons. The Labute approximate surface area is 178 Å². The minimum atomic E-state index is -0.312. The van der Waals surface area contributed by atoms with Gasteiger partial charge in [-0.3, -0.25) is 9.69 Å². The van der Waals surface area contributed by atoms with Crippen LogP contribution in [0.15, 0.2) is 72.8 Å². The Hall–Kier alpha value is -3.25. The number of hydrogen-bond donors (Lipinski definition) is 0. The number of thiazole rings is 1. The number of aromatic nitrogens is 1. The Bertz CT molecular complexity index is 1140. The highest BCUT2D eigenvalue weighted by atomic mass is 32.1. The van der Waals surface area contributed by atoms with Crippen molar-refractivity contribution in [2.24, 2.45) is 0 Å². The van der Waals surface area contributed by atoms with E-state index in [2.05, 4.69) is 4.98 Å². The van der Waals surface area contributed by atoms with Crippen molar-refractivity contribution >= 4 is 32.6 Å². The molecular formula is C24H21FN2O2S. The summed E-state index contributed by atoms with van der Waals surface area (Å²) >= 11 is 1.32. The van der Waals surface area contributed by atoms with Crippen LogP contribution in [0.25, 0.3) is 10.2 Å². The third-order valence-electron chi connectivity index (χ3n) is 4.64. The van der Waals surface area contributed by atoms with Gasteiger partial charge >= 0.3 is 0 Å². The van der Waals surface area contributed by atoms with Crippen LogP contribution in [-0.4, -0.2) is 17.5 Å². The van der Waals surface area contributed by atoms with Crippen LogP contribution in [0.1, 0.15) is 18.1 Å². The second kappa shape index (κ2) is 9.05. The number of ether oxygens (including phenoxy) is 1. The van der Waals surface area contributed by atoms with Gasteiger partial charge in [-0.1, -0.05) is 53.8 Å². The number of halogens is 1. The van der Waals surface area contributed by atoms with E-state index in [9.17, 15) is 9.18 Å². The standard InChI is InChI=1S/C24H21FN2O2S/c1-2-29-20-11-8-17(9-12-20)14-23(28)27(16-18-6-4-3-5-7-18)24-26-21-13-10-19(25)15-22(21)30-24/h3-13,15H,2,14,16H2,1H3. The second-order valence-corrected chi connectivity index (χ2v) is 7.84. The first-order chi connectivity index (χ1) is 14.6. The summed E-state index contributed by atoms with van der Waals surface area (Å²) in [5.41, 5.74) is 2.58. The Balaban J connectivity index is 1.62. The molecule has 0 aliphatic rings. The molecule has 0 bridgehead atoms. The van der Waals surface area contributed by atoms with Gasteiger partial charge in [-0.05, 0) is 48.4 Å². The lowest BCUT2D eigenvalue weighted by molar-refractivity contribution is -0.118. The predicted molar refractivity (Wildman–Crippen MR) is 119 cm³/mol. The van der Waals surface area contributed by atoms with Crippen molar-refractivity contribution in [2.75, 3.05) is 11.5 Å². The molecule has 0 atom stereocenters. The molecule has 0 aliphatic carbocycles. The summed E-state index contributed by atoms with van der Waals surface area (Å²) in [6.45, 7) is 2.93. The van der Waals surface area contributed by atoms with E-state index in [1.807, 2.05) is 61.5 Å². The summed E-state index contributed by atoms with van der Waals surface area (Å²) in [5.74, 6) is 0.401. The van der Waals surface area contributed by atoms with Crippen LogP contribution in [0.5, 0.6) is 5.75 Å². The van der Waals surface area contributed by atoms with Gasteiger partial charge in [0.25, 0.3) is 0 Å². The SMILES string of the molecule is CCOc1ccc(CC(=O)N(Cc2ccccc2)c2nc3ccc(F)cc3s2)cc1. The van der Waals surface area contributed by atoms with E-state index < -0.39 is 0 Å². The molecule has 30 heavy (non-hydrogen) atoms. The largest absolute Gasteiger partial charge is 0.494 e. The lowest BCUT2D eigenvalue weighted by Crippen LogP contribution is -2.31. The highest BCUT2D eigenvalue weighted by molar-refractivity contribution is 7.22. The van der Waals surface area contributed by atoms with Crippen LogP contribution >= 0.6 is 11.3 Å². The van der Waals surface area contributed by atoms with Gasteiger partial charge in [0, 0.05) is 0 Å². The maximum Gasteiger partial charge on any atom is 0.233 e. The Morgan fingerprint density at radius 2 is 1.80 bits per heavy atom. The third kappa shape index (κ3) is 4.66. The maximum atomic E-state index is 13.6. The van der Waals surface area contributed by atoms with Gasteiger partial charge in [0.2, 0.25) is 5.91 Å². The zero-order valence-electron chi connectivity index (χ0n) is 16.5. The number of hydrogen-bond acceptors (Lipinski definition) is 4. The number of amides is 1. The van der Waals surface area contributed by atoms with E-state index in [-0.39, 0.29) is 18.1 Å². The number of benzene rings is 3. The van der Waals surface area contributed by atoms with Crippen molar-refractivity contribution in [3.8, 4) is 5.75 Å². The summed E-state index contributed by atoms with van der Waals surface area (Å²) in [6.07, 6.45) is 0.240. The molecule has 0 fully saturated rings. The van der Waals surface area contributed by atoms with Crippen molar-refractivity contribution in [1.82, 2.24) is 4.98 Å². The topological polar surface area (TPSA) is 42.4 Å². The van der Waals surface area contributed by atoms with Gasteiger partial charge < -0.3 is 4.74 Å². The molecule has 4 nitrogen and oxygen atoms in total. The highest BCUT2D eigenvalue weighted by Gasteiger charge is 2.21. The summed E-state index contributed by atoms with van der Waals surface area (Å²) in [5, 5.41) is 0.565. The van der Waals surface area contributed by atoms with Gasteiger partial charge in [-0.25, -0.2) is 9.37 Å². The number of anilines is 1. The van der Waals surface area contributed by atoms with Crippen LogP contribution in [0.2, 0.25) is 0 Å². The third-order valence-corrected chi connectivity index (χ3v) is 5.69. The first-order valence-electron chi connectivity index (χ1n) is 9.74. The lowest BCUT2D eigenvalue weighted by Gasteiger charge is -2.20. The van der Waals surface area contributed by atoms with Crippen molar-refractivity contribution in [3.05, 3.63) is 89.7 Å². The molecule has 0 radical (unpaired) electrons. The first-order valence-corrected chi connectivity index (χ1v) is 10.6. The number of nitrogens with zero attached hydrogens (tertiary/aromatic N) is 2. The quantitative estimate of drug-likeness (QED) is 0.390. The molecule has 1 heterocycles. The van der Waals surface area contributed by atoms with Crippen molar-refractivity contribution in [2.45, 2.75) is 19.9 Å². The number of carbonyl (C=O) groups excluding carboxylic acids is 1. The zero-order valence-corrected chi connectivity index (χ0v) is 17.4.